The van der Waals surface area contributed by atoms with Crippen LogP contribution >= 0.6 is 0 Å². The van der Waals surface area contributed by atoms with Gasteiger partial charge in [0.1, 0.15) is 0 Å². The van der Waals surface area contributed by atoms with Gasteiger partial charge in [0, 0.05) is 18.7 Å². The molecule has 2 aromatic rings. The highest BCUT2D eigenvalue weighted by Crippen LogP contribution is 2.24. The van der Waals surface area contributed by atoms with Crippen LogP contribution in [0.15, 0.2) is 48.5 Å². The molecule has 1 aliphatic rings. The first-order chi connectivity index (χ1) is 14.4. The van der Waals surface area contributed by atoms with Crippen molar-refractivity contribution in [2.24, 2.45) is 0 Å². The Morgan fingerprint density at radius 1 is 1.00 bits per heavy atom. The summed E-state index contributed by atoms with van der Waals surface area (Å²) in [5, 5.41) is 5.63. The molecule has 0 radical (unpaired) electrons. The van der Waals surface area contributed by atoms with E-state index >= 15 is 0 Å². The summed E-state index contributed by atoms with van der Waals surface area (Å²) in [6.45, 7) is 3.08. The molecule has 1 fully saturated rings. The summed E-state index contributed by atoms with van der Waals surface area (Å²) in [5.41, 5.74) is 1.77. The number of hydrogen-bond donors (Lipinski definition) is 2. The summed E-state index contributed by atoms with van der Waals surface area (Å²) in [6, 6.07) is 13.3. The highest BCUT2D eigenvalue weighted by molar-refractivity contribution is 7.92. The van der Waals surface area contributed by atoms with Crippen molar-refractivity contribution in [2.75, 3.05) is 28.5 Å². The number of carbonyl (C=O) groups is 2. The van der Waals surface area contributed by atoms with E-state index in [-0.39, 0.29) is 17.6 Å². The van der Waals surface area contributed by atoms with E-state index in [0.717, 1.165) is 19.3 Å². The van der Waals surface area contributed by atoms with Crippen LogP contribution in [0.4, 0.5) is 11.4 Å². The number of nitrogens with zero attached hydrogens (tertiary/aromatic N) is 1. The average molecular weight is 430 g/mol. The van der Waals surface area contributed by atoms with Gasteiger partial charge < -0.3 is 10.6 Å². The fraction of sp³-hybridized carbons (Fsp3) is 0.364. The topological polar surface area (TPSA) is 95.6 Å². The van der Waals surface area contributed by atoms with E-state index < -0.39 is 10.0 Å². The summed E-state index contributed by atoms with van der Waals surface area (Å²) < 4.78 is 25.9. The van der Waals surface area contributed by atoms with Crippen molar-refractivity contribution in [1.82, 2.24) is 5.32 Å². The first-order valence-corrected chi connectivity index (χ1v) is 11.8. The Bertz CT molecular complexity index is 1000. The standard InChI is InChI=1S/C22H27N3O4S/c1-2-3-14-23-22(27)19-8-4-5-9-20(19)24-21(26)17-10-12-18(13-11-17)25-15-6-7-16-30(25,28)29/h4-5,8-13H,2-3,6-7,14-16H2,1H3,(H,23,27)(H,24,26). The predicted octanol–water partition coefficient (Wildman–Crippen LogP) is 3.40. The number of benzene rings is 2. The molecule has 1 saturated heterocycles. The van der Waals surface area contributed by atoms with Crippen molar-refractivity contribution in [1.29, 1.82) is 0 Å². The SMILES string of the molecule is CCCCNC(=O)c1ccccc1NC(=O)c1ccc(N2CCCCS2(=O)=O)cc1. The summed E-state index contributed by atoms with van der Waals surface area (Å²) in [4.78, 5) is 25.1. The van der Waals surface area contributed by atoms with Crippen molar-refractivity contribution >= 4 is 33.2 Å². The lowest BCUT2D eigenvalue weighted by molar-refractivity contribution is 0.0954. The van der Waals surface area contributed by atoms with Gasteiger partial charge in [-0.3, -0.25) is 13.9 Å². The number of rotatable bonds is 7. The third kappa shape index (κ3) is 5.18. The van der Waals surface area contributed by atoms with Crippen LogP contribution in [0.5, 0.6) is 0 Å². The number of carbonyl (C=O) groups excluding carboxylic acids is 2. The maximum absolute atomic E-state index is 12.7. The molecule has 7 nitrogen and oxygen atoms in total. The molecular formula is C22H27N3O4S. The van der Waals surface area contributed by atoms with Gasteiger partial charge in [-0.25, -0.2) is 8.42 Å². The zero-order chi connectivity index (χ0) is 21.6. The number of anilines is 2. The van der Waals surface area contributed by atoms with Crippen LogP contribution in [0.3, 0.4) is 0 Å². The fourth-order valence-corrected chi connectivity index (χ4v) is 4.96. The summed E-state index contributed by atoms with van der Waals surface area (Å²) in [7, 11) is -3.29. The zero-order valence-electron chi connectivity index (χ0n) is 17.1. The Balaban J connectivity index is 1.72. The number of amides is 2. The molecule has 8 heteroatoms. The highest BCUT2D eigenvalue weighted by Gasteiger charge is 2.26. The first-order valence-electron chi connectivity index (χ1n) is 10.2. The second kappa shape index (κ2) is 9.75. The van der Waals surface area contributed by atoms with E-state index in [1.165, 1.54) is 4.31 Å². The number of nitrogens with one attached hydrogen (secondary N) is 2. The molecule has 30 heavy (non-hydrogen) atoms. The largest absolute Gasteiger partial charge is 0.352 e. The molecule has 2 N–H and O–H groups in total. The van der Waals surface area contributed by atoms with E-state index in [9.17, 15) is 18.0 Å². The molecular weight excluding hydrogens is 402 g/mol. The Hall–Kier alpha value is -2.87. The quantitative estimate of drug-likeness (QED) is 0.660. The molecule has 2 aromatic carbocycles. The van der Waals surface area contributed by atoms with Gasteiger partial charge in [-0.1, -0.05) is 25.5 Å². The van der Waals surface area contributed by atoms with Gasteiger partial charge in [0.25, 0.3) is 11.8 Å². The molecule has 0 aromatic heterocycles. The number of sulfonamides is 1. The van der Waals surface area contributed by atoms with Crippen molar-refractivity contribution in [3.8, 4) is 0 Å². The van der Waals surface area contributed by atoms with Crippen molar-refractivity contribution in [2.45, 2.75) is 32.6 Å². The molecule has 0 atom stereocenters. The van der Waals surface area contributed by atoms with Crippen LogP contribution in [0.25, 0.3) is 0 Å². The summed E-state index contributed by atoms with van der Waals surface area (Å²) in [6.07, 6.45) is 3.36. The molecule has 0 unspecified atom stereocenters. The second-order valence-electron chi connectivity index (χ2n) is 7.25. The maximum Gasteiger partial charge on any atom is 0.255 e. The van der Waals surface area contributed by atoms with Gasteiger partial charge in [0.05, 0.1) is 22.7 Å². The third-order valence-corrected chi connectivity index (χ3v) is 6.87. The molecule has 2 amide bonds. The Morgan fingerprint density at radius 3 is 2.43 bits per heavy atom. The molecule has 0 saturated carbocycles. The Labute approximate surface area is 177 Å². The molecule has 1 heterocycles. The number of hydrogen-bond acceptors (Lipinski definition) is 4. The minimum Gasteiger partial charge on any atom is -0.352 e. The predicted molar refractivity (Wildman–Crippen MR) is 118 cm³/mol. The van der Waals surface area contributed by atoms with Crippen LogP contribution in [0.1, 0.15) is 53.3 Å². The lowest BCUT2D eigenvalue weighted by Crippen LogP contribution is -2.37. The van der Waals surface area contributed by atoms with Crippen molar-refractivity contribution in [3.05, 3.63) is 59.7 Å². The van der Waals surface area contributed by atoms with Gasteiger partial charge in [0.2, 0.25) is 10.0 Å². The van der Waals surface area contributed by atoms with Gasteiger partial charge in [-0.05, 0) is 55.7 Å². The molecule has 0 spiro atoms. The van der Waals surface area contributed by atoms with Gasteiger partial charge in [-0.2, -0.15) is 0 Å². The van der Waals surface area contributed by atoms with Crippen LogP contribution in [-0.2, 0) is 10.0 Å². The van der Waals surface area contributed by atoms with E-state index in [2.05, 4.69) is 10.6 Å². The average Bonchev–Trinajstić information content (AvgIpc) is 2.74. The van der Waals surface area contributed by atoms with Crippen LogP contribution < -0.4 is 14.9 Å². The zero-order valence-corrected chi connectivity index (χ0v) is 17.9. The molecule has 1 aliphatic heterocycles. The van der Waals surface area contributed by atoms with Crippen molar-refractivity contribution < 1.29 is 18.0 Å². The molecule has 3 rings (SSSR count). The van der Waals surface area contributed by atoms with Gasteiger partial charge in [-0.15, -0.1) is 0 Å². The van der Waals surface area contributed by atoms with E-state index in [1.807, 2.05) is 6.92 Å². The minimum absolute atomic E-state index is 0.145. The summed E-state index contributed by atoms with van der Waals surface area (Å²) >= 11 is 0. The smallest absolute Gasteiger partial charge is 0.255 e. The van der Waals surface area contributed by atoms with Crippen LogP contribution in [0, 0.1) is 0 Å². The molecule has 160 valence electrons. The lowest BCUT2D eigenvalue weighted by Gasteiger charge is -2.28. The number of unbranched alkanes of at least 4 members (excludes halogenated alkanes) is 1. The van der Waals surface area contributed by atoms with Crippen molar-refractivity contribution in [3.63, 3.8) is 0 Å². The number of para-hydroxylation sites is 1. The first kappa shape index (κ1) is 21.8. The minimum atomic E-state index is -3.29. The van der Waals surface area contributed by atoms with E-state index in [4.69, 9.17) is 0 Å². The van der Waals surface area contributed by atoms with Gasteiger partial charge >= 0.3 is 0 Å². The normalized spacial score (nSPS) is 15.4. The summed E-state index contributed by atoms with van der Waals surface area (Å²) in [5.74, 6) is -0.450. The second-order valence-corrected chi connectivity index (χ2v) is 9.26. The molecule has 0 aliphatic carbocycles. The van der Waals surface area contributed by atoms with Crippen LogP contribution in [-0.4, -0.2) is 39.1 Å². The van der Waals surface area contributed by atoms with Crippen LogP contribution in [0.2, 0.25) is 0 Å². The van der Waals surface area contributed by atoms with E-state index in [1.54, 1.807) is 48.5 Å². The lowest BCUT2D eigenvalue weighted by atomic mass is 10.1. The monoisotopic (exact) mass is 429 g/mol. The fourth-order valence-electron chi connectivity index (χ4n) is 3.32. The molecule has 0 bridgehead atoms. The highest BCUT2D eigenvalue weighted by atomic mass is 32.2. The van der Waals surface area contributed by atoms with E-state index in [0.29, 0.717) is 42.0 Å². The Morgan fingerprint density at radius 2 is 1.73 bits per heavy atom. The van der Waals surface area contributed by atoms with Gasteiger partial charge in [0.15, 0.2) is 0 Å². The maximum atomic E-state index is 12.7. The third-order valence-electron chi connectivity index (χ3n) is 5.00. The Kier molecular flexibility index (Phi) is 7.10.